The van der Waals surface area contributed by atoms with Crippen LogP contribution in [0.15, 0.2) is 36.7 Å². The fraction of sp³-hybridized carbons (Fsp3) is 0.385. The van der Waals surface area contributed by atoms with Crippen molar-refractivity contribution in [2.45, 2.75) is 44.9 Å². The smallest absolute Gasteiger partial charge is 0.415 e. The van der Waals surface area contributed by atoms with Gasteiger partial charge in [0.15, 0.2) is 11.4 Å². The van der Waals surface area contributed by atoms with Gasteiger partial charge in [-0.2, -0.15) is 0 Å². The molecule has 10 nitrogen and oxygen atoms in total. The minimum Gasteiger partial charge on any atom is -0.494 e. The zero-order chi connectivity index (χ0) is 27.4. The van der Waals surface area contributed by atoms with Crippen LogP contribution in [0, 0.1) is 5.82 Å². The second kappa shape index (κ2) is 9.16. The van der Waals surface area contributed by atoms with Crippen LogP contribution in [0.25, 0.3) is 10.9 Å². The molecule has 0 radical (unpaired) electrons. The Hall–Kier alpha value is -3.86. The molecule has 1 atom stereocenters. The summed E-state index contributed by atoms with van der Waals surface area (Å²) in [6.45, 7) is 7.62. The third-order valence-corrected chi connectivity index (χ3v) is 6.90. The second-order valence-corrected chi connectivity index (χ2v) is 10.7. The number of anilines is 3. The predicted molar refractivity (Wildman–Crippen MR) is 140 cm³/mol. The number of nitrogens with zero attached hydrogens (tertiary/aromatic N) is 4. The molecule has 3 heterocycles. The Bertz CT molecular complexity index is 1440. The van der Waals surface area contributed by atoms with Crippen molar-refractivity contribution < 1.29 is 28.2 Å². The summed E-state index contributed by atoms with van der Waals surface area (Å²) in [4.78, 5) is 37.2. The Morgan fingerprint density at radius 1 is 1.26 bits per heavy atom. The van der Waals surface area contributed by atoms with Crippen molar-refractivity contribution in [2.24, 2.45) is 0 Å². The Kier molecular flexibility index (Phi) is 6.21. The van der Waals surface area contributed by atoms with Gasteiger partial charge in [0.1, 0.15) is 23.5 Å². The SMILES string of the molecule is COc1cc2ncnc(Nc3cccc(Cl)c3F)c2cc1N1C(=O)OC2(CN(C(=O)OC(C)(C)C)C2)C1C. The molecule has 0 bridgehead atoms. The molecule has 200 valence electrons. The molecule has 5 rings (SSSR count). The van der Waals surface area contributed by atoms with E-state index in [0.717, 1.165) is 0 Å². The first kappa shape index (κ1) is 25.8. The van der Waals surface area contributed by atoms with Crippen molar-refractivity contribution in [1.82, 2.24) is 14.9 Å². The summed E-state index contributed by atoms with van der Waals surface area (Å²) >= 11 is 5.93. The fourth-order valence-corrected chi connectivity index (χ4v) is 4.82. The lowest BCUT2D eigenvalue weighted by Crippen LogP contribution is -2.68. The zero-order valence-corrected chi connectivity index (χ0v) is 22.3. The number of nitrogens with one attached hydrogen (secondary N) is 1. The molecule has 2 aliphatic rings. The molecule has 0 aliphatic carbocycles. The highest BCUT2D eigenvalue weighted by Gasteiger charge is 2.61. The average Bonchev–Trinajstić information content (AvgIpc) is 3.09. The van der Waals surface area contributed by atoms with E-state index >= 15 is 0 Å². The van der Waals surface area contributed by atoms with E-state index in [9.17, 15) is 14.0 Å². The van der Waals surface area contributed by atoms with Crippen LogP contribution in [-0.2, 0) is 9.47 Å². The van der Waals surface area contributed by atoms with Gasteiger partial charge in [0.2, 0.25) is 0 Å². The van der Waals surface area contributed by atoms with E-state index in [4.69, 9.17) is 25.8 Å². The van der Waals surface area contributed by atoms with E-state index in [0.29, 0.717) is 28.2 Å². The van der Waals surface area contributed by atoms with Crippen molar-refractivity contribution in [3.63, 3.8) is 0 Å². The summed E-state index contributed by atoms with van der Waals surface area (Å²) in [7, 11) is 1.49. The number of carbonyl (C=O) groups excluding carboxylic acids is 2. The van der Waals surface area contributed by atoms with Crippen molar-refractivity contribution in [3.8, 4) is 5.75 Å². The Morgan fingerprint density at radius 2 is 2.00 bits per heavy atom. The Labute approximate surface area is 223 Å². The standard InChI is InChI=1S/C26H27ClFN5O5/c1-14-26(11-32(12-26)23(34)37-25(2,3)4)38-24(35)33(14)19-9-15-18(10-20(19)36-5)29-13-30-22(15)31-17-8-6-7-16(27)21(17)28/h6-10,13-14H,11-12H2,1-5H3,(H,29,30,31). The second-order valence-electron chi connectivity index (χ2n) is 10.3. The van der Waals surface area contributed by atoms with Gasteiger partial charge in [-0.05, 0) is 45.9 Å². The van der Waals surface area contributed by atoms with Gasteiger partial charge in [-0.25, -0.2) is 23.9 Å². The fourth-order valence-electron chi connectivity index (χ4n) is 4.64. The first-order valence-corrected chi connectivity index (χ1v) is 12.3. The first-order valence-electron chi connectivity index (χ1n) is 12.0. The first-order chi connectivity index (χ1) is 17.9. The van der Waals surface area contributed by atoms with Gasteiger partial charge in [0, 0.05) is 11.5 Å². The van der Waals surface area contributed by atoms with Crippen LogP contribution >= 0.6 is 11.6 Å². The number of ether oxygens (including phenoxy) is 3. The lowest BCUT2D eigenvalue weighted by atomic mass is 9.87. The highest BCUT2D eigenvalue weighted by Crippen LogP contribution is 2.45. The number of rotatable bonds is 4. The van der Waals surface area contributed by atoms with Crippen molar-refractivity contribution >= 4 is 51.9 Å². The van der Waals surface area contributed by atoms with Gasteiger partial charge in [0.05, 0.1) is 48.2 Å². The minimum absolute atomic E-state index is 0.0319. The third-order valence-electron chi connectivity index (χ3n) is 6.60. The van der Waals surface area contributed by atoms with E-state index in [1.165, 1.54) is 35.4 Å². The third kappa shape index (κ3) is 4.40. The molecule has 38 heavy (non-hydrogen) atoms. The summed E-state index contributed by atoms with van der Waals surface area (Å²) in [5.74, 6) is 0.0860. The quantitative estimate of drug-likeness (QED) is 0.459. The number of methoxy groups -OCH3 is 1. The summed E-state index contributed by atoms with van der Waals surface area (Å²) in [6.07, 6.45) is 0.300. The molecule has 12 heteroatoms. The topological polar surface area (TPSA) is 106 Å². The molecular formula is C26H27ClFN5O5. The molecule has 3 aromatic rings. The number of carbonyl (C=O) groups is 2. The zero-order valence-electron chi connectivity index (χ0n) is 21.5. The normalized spacial score (nSPS) is 18.4. The lowest BCUT2D eigenvalue weighted by Gasteiger charge is -2.48. The van der Waals surface area contributed by atoms with Crippen molar-refractivity contribution in [3.05, 3.63) is 47.5 Å². The molecule has 1 spiro atoms. The van der Waals surface area contributed by atoms with E-state index in [1.54, 1.807) is 39.0 Å². The summed E-state index contributed by atoms with van der Waals surface area (Å²) in [6, 6.07) is 7.53. The largest absolute Gasteiger partial charge is 0.494 e. The summed E-state index contributed by atoms with van der Waals surface area (Å²) < 4.78 is 31.4. The number of fused-ring (bicyclic) bond motifs is 1. The summed E-state index contributed by atoms with van der Waals surface area (Å²) in [5, 5.41) is 3.45. The van der Waals surface area contributed by atoms with Crippen LogP contribution in [0.3, 0.4) is 0 Å². The molecule has 1 unspecified atom stereocenters. The molecule has 0 saturated carbocycles. The van der Waals surface area contributed by atoms with Crippen LogP contribution in [-0.4, -0.2) is 64.5 Å². The number of likely N-dealkylation sites (tertiary alicyclic amines) is 1. The molecular weight excluding hydrogens is 517 g/mol. The Balaban J connectivity index is 1.47. The molecule has 2 aromatic carbocycles. The van der Waals surface area contributed by atoms with Gasteiger partial charge in [-0.1, -0.05) is 17.7 Å². The highest BCUT2D eigenvalue weighted by molar-refractivity contribution is 6.31. The van der Waals surface area contributed by atoms with Gasteiger partial charge >= 0.3 is 12.2 Å². The van der Waals surface area contributed by atoms with Crippen molar-refractivity contribution in [2.75, 3.05) is 30.4 Å². The average molecular weight is 544 g/mol. The maximum Gasteiger partial charge on any atom is 0.415 e. The molecule has 1 N–H and O–H groups in total. The highest BCUT2D eigenvalue weighted by atomic mass is 35.5. The summed E-state index contributed by atoms with van der Waals surface area (Å²) in [5.41, 5.74) is -0.454. The van der Waals surface area contributed by atoms with E-state index < -0.39 is 35.2 Å². The van der Waals surface area contributed by atoms with Gasteiger partial charge in [-0.3, -0.25) is 9.80 Å². The van der Waals surface area contributed by atoms with Gasteiger partial charge in [0.25, 0.3) is 0 Å². The maximum atomic E-state index is 14.6. The Morgan fingerprint density at radius 3 is 2.68 bits per heavy atom. The maximum absolute atomic E-state index is 14.6. The van der Waals surface area contributed by atoms with Gasteiger partial charge < -0.3 is 19.5 Å². The number of hydrogen-bond acceptors (Lipinski definition) is 8. The number of aromatic nitrogens is 2. The monoisotopic (exact) mass is 543 g/mol. The molecule has 2 fully saturated rings. The molecule has 2 saturated heterocycles. The molecule has 2 amide bonds. The van der Waals surface area contributed by atoms with Crippen LogP contribution in [0.2, 0.25) is 5.02 Å². The number of amides is 2. The van der Waals surface area contributed by atoms with E-state index in [-0.39, 0.29) is 23.8 Å². The van der Waals surface area contributed by atoms with Crippen LogP contribution in [0.1, 0.15) is 27.7 Å². The van der Waals surface area contributed by atoms with Gasteiger partial charge in [-0.15, -0.1) is 0 Å². The van der Waals surface area contributed by atoms with Crippen LogP contribution in [0.4, 0.5) is 31.2 Å². The minimum atomic E-state index is -0.897. The van der Waals surface area contributed by atoms with Crippen molar-refractivity contribution in [1.29, 1.82) is 0 Å². The molecule has 2 aliphatic heterocycles. The number of benzene rings is 2. The number of hydrogen-bond donors (Lipinski definition) is 1. The van der Waals surface area contributed by atoms with Crippen LogP contribution < -0.4 is 15.0 Å². The van der Waals surface area contributed by atoms with Crippen LogP contribution in [0.5, 0.6) is 5.75 Å². The lowest BCUT2D eigenvalue weighted by molar-refractivity contribution is -0.0899. The predicted octanol–water partition coefficient (Wildman–Crippen LogP) is 5.51. The molecule has 1 aromatic heterocycles. The number of halogens is 2. The van der Waals surface area contributed by atoms with E-state index in [2.05, 4.69) is 15.3 Å². The van der Waals surface area contributed by atoms with E-state index in [1.807, 2.05) is 6.92 Å².